The number of halogens is 2. The smallest absolute Gasteiger partial charge is 0.407 e. The number of nitrogens with one attached hydrogen (secondary N) is 4. The normalized spacial score (nSPS) is 20.2. The second-order valence-corrected chi connectivity index (χ2v) is 18.2. The summed E-state index contributed by atoms with van der Waals surface area (Å²) in [6.07, 6.45) is 4.48. The summed E-state index contributed by atoms with van der Waals surface area (Å²) in [6, 6.07) is 13.6. The van der Waals surface area contributed by atoms with Crippen LogP contribution in [0.3, 0.4) is 0 Å². The van der Waals surface area contributed by atoms with E-state index in [1.54, 1.807) is 34.2 Å². The molecular formula is C47H52F2N8O6. The maximum absolute atomic E-state index is 16.6. The summed E-state index contributed by atoms with van der Waals surface area (Å²) in [7, 11) is 2.53. The Kier molecular flexibility index (Phi) is 10.5. The lowest BCUT2D eigenvalue weighted by Crippen LogP contribution is -2.51. The van der Waals surface area contributed by atoms with Gasteiger partial charge in [-0.05, 0) is 95.9 Å². The summed E-state index contributed by atoms with van der Waals surface area (Å²) >= 11 is 0. The molecule has 1 saturated carbocycles. The highest BCUT2D eigenvalue weighted by atomic mass is 19.3. The van der Waals surface area contributed by atoms with E-state index in [1.165, 1.54) is 20.3 Å². The van der Waals surface area contributed by atoms with Gasteiger partial charge in [0.2, 0.25) is 11.8 Å². The first-order chi connectivity index (χ1) is 30.1. The number of carbonyl (C=O) groups excluding carboxylic acids is 4. The molecule has 1 spiro atoms. The molecule has 0 radical (unpaired) electrons. The summed E-state index contributed by atoms with van der Waals surface area (Å²) < 4.78 is 42.8. The van der Waals surface area contributed by atoms with Crippen molar-refractivity contribution in [2.45, 2.75) is 89.9 Å². The van der Waals surface area contributed by atoms with E-state index in [9.17, 15) is 19.2 Å². The number of aromatic nitrogens is 4. The molecule has 2 aliphatic carbocycles. The van der Waals surface area contributed by atoms with Gasteiger partial charge in [0.1, 0.15) is 23.7 Å². The molecule has 330 valence electrons. The fourth-order valence-corrected chi connectivity index (χ4v) is 9.73. The van der Waals surface area contributed by atoms with Crippen LogP contribution in [0, 0.1) is 17.3 Å². The molecule has 4 heterocycles. The van der Waals surface area contributed by atoms with Gasteiger partial charge in [-0.15, -0.1) is 0 Å². The van der Waals surface area contributed by atoms with Crippen LogP contribution in [0.25, 0.3) is 44.5 Å². The highest BCUT2D eigenvalue weighted by Crippen LogP contribution is 2.58. The lowest BCUT2D eigenvalue weighted by molar-refractivity contribution is -0.136. The van der Waals surface area contributed by atoms with Crippen molar-refractivity contribution in [3.8, 4) is 33.5 Å². The number of alkyl halides is 2. The Hall–Kier alpha value is -6.32. The summed E-state index contributed by atoms with van der Waals surface area (Å²) in [4.78, 5) is 71.6. The van der Waals surface area contributed by atoms with E-state index in [0.29, 0.717) is 70.1 Å². The van der Waals surface area contributed by atoms with E-state index < -0.39 is 30.2 Å². The molecule has 4 aliphatic rings. The van der Waals surface area contributed by atoms with E-state index >= 15 is 8.78 Å². The minimum atomic E-state index is -3.29. The molecule has 4 atom stereocenters. The quantitative estimate of drug-likeness (QED) is 0.109. The van der Waals surface area contributed by atoms with Crippen molar-refractivity contribution in [3.63, 3.8) is 0 Å². The molecule has 3 aromatic carbocycles. The number of fused-ring (bicyclic) bond motifs is 4. The molecule has 9 rings (SSSR count). The number of alkyl carbamates (subject to hydrolysis) is 2. The van der Waals surface area contributed by atoms with Gasteiger partial charge in [0.25, 0.3) is 5.92 Å². The van der Waals surface area contributed by atoms with Crippen molar-refractivity contribution in [3.05, 3.63) is 83.6 Å². The van der Waals surface area contributed by atoms with E-state index in [0.717, 1.165) is 31.2 Å². The van der Waals surface area contributed by atoms with Crippen LogP contribution in [0.2, 0.25) is 0 Å². The number of ether oxygens (including phenoxy) is 2. The Bertz CT molecular complexity index is 2630. The highest BCUT2D eigenvalue weighted by Gasteiger charge is 2.55. The summed E-state index contributed by atoms with van der Waals surface area (Å²) in [5.41, 5.74) is 4.60. The van der Waals surface area contributed by atoms with Crippen LogP contribution >= 0.6 is 0 Å². The Balaban J connectivity index is 0.947. The molecule has 2 aliphatic heterocycles. The molecule has 4 N–H and O–H groups in total. The van der Waals surface area contributed by atoms with Crippen LogP contribution in [0.1, 0.15) is 94.7 Å². The Morgan fingerprint density at radius 3 is 1.97 bits per heavy atom. The van der Waals surface area contributed by atoms with Gasteiger partial charge < -0.3 is 39.9 Å². The van der Waals surface area contributed by atoms with Gasteiger partial charge in [-0.2, -0.15) is 8.78 Å². The number of likely N-dealkylation sites (tertiary alicyclic amines) is 2. The lowest BCUT2D eigenvalue weighted by Gasteiger charge is -2.30. The van der Waals surface area contributed by atoms with Crippen LogP contribution in [-0.2, 0) is 25.0 Å². The summed E-state index contributed by atoms with van der Waals surface area (Å²) in [6.45, 7) is 8.55. The van der Waals surface area contributed by atoms with E-state index in [1.807, 2.05) is 58.0 Å². The minimum absolute atomic E-state index is 0.0105. The van der Waals surface area contributed by atoms with Gasteiger partial charge in [0, 0.05) is 29.8 Å². The first-order valence-electron chi connectivity index (χ1n) is 21.6. The predicted molar refractivity (Wildman–Crippen MR) is 230 cm³/mol. The van der Waals surface area contributed by atoms with Crippen molar-refractivity contribution in [2.75, 3.05) is 27.3 Å². The third-order valence-corrected chi connectivity index (χ3v) is 13.4. The van der Waals surface area contributed by atoms with Crippen LogP contribution in [0.15, 0.2) is 60.8 Å². The lowest BCUT2D eigenvalue weighted by atomic mass is 9.98. The zero-order valence-electron chi connectivity index (χ0n) is 36.2. The SMILES string of the molecule is COC(=O)N[C@H](C(=O)N1CC2(CC2)C[C@H]1c1ncc(-c2ccc3c(c2)C(F)(F)c2cc(-c4ccc5nc([C@@H]6CCCN6C(=O)[C@@H](NC(=O)OC)C(C)C)[nH]c5c4)ccc2-3)[nH]1)C(C)C. The number of hydrogen-bond donors (Lipinski definition) is 4. The number of nitrogens with zero attached hydrogens (tertiary/aromatic N) is 4. The van der Waals surface area contributed by atoms with Gasteiger partial charge in [-0.25, -0.2) is 19.6 Å². The topological polar surface area (TPSA) is 175 Å². The monoisotopic (exact) mass is 862 g/mol. The minimum Gasteiger partial charge on any atom is -0.453 e. The van der Waals surface area contributed by atoms with Crippen molar-refractivity contribution in [2.24, 2.45) is 17.3 Å². The first kappa shape index (κ1) is 42.0. The van der Waals surface area contributed by atoms with Crippen molar-refractivity contribution < 1.29 is 37.4 Å². The molecule has 5 aromatic rings. The third kappa shape index (κ3) is 7.46. The van der Waals surface area contributed by atoms with Gasteiger partial charge >= 0.3 is 12.2 Å². The average molecular weight is 863 g/mol. The van der Waals surface area contributed by atoms with Gasteiger partial charge in [-0.3, -0.25) is 9.59 Å². The number of H-pyrrole nitrogens is 2. The molecule has 14 nitrogen and oxygen atoms in total. The van der Waals surface area contributed by atoms with Crippen molar-refractivity contribution in [1.82, 2.24) is 40.4 Å². The molecule has 63 heavy (non-hydrogen) atoms. The molecular weight excluding hydrogens is 811 g/mol. The van der Waals surface area contributed by atoms with Crippen LogP contribution in [-0.4, -0.2) is 93.1 Å². The number of methoxy groups -OCH3 is 2. The summed E-state index contributed by atoms with van der Waals surface area (Å²) in [5.74, 6) is -2.85. The zero-order chi connectivity index (χ0) is 44.5. The zero-order valence-corrected chi connectivity index (χ0v) is 36.2. The maximum atomic E-state index is 16.6. The van der Waals surface area contributed by atoms with Gasteiger partial charge in [-0.1, -0.05) is 58.0 Å². The molecule has 2 saturated heterocycles. The molecule has 0 unspecified atom stereocenters. The number of aromatic amines is 2. The fourth-order valence-electron chi connectivity index (χ4n) is 9.73. The summed E-state index contributed by atoms with van der Waals surface area (Å²) in [5, 5.41) is 5.37. The van der Waals surface area contributed by atoms with Gasteiger partial charge in [0.05, 0.1) is 49.2 Å². The van der Waals surface area contributed by atoms with Crippen molar-refractivity contribution >= 4 is 35.0 Å². The molecule has 16 heteroatoms. The Morgan fingerprint density at radius 1 is 0.762 bits per heavy atom. The first-order valence-corrected chi connectivity index (χ1v) is 21.6. The average Bonchev–Trinajstić information content (AvgIpc) is 3.83. The molecule has 2 aromatic heterocycles. The number of rotatable bonds is 10. The third-order valence-electron chi connectivity index (χ3n) is 13.4. The van der Waals surface area contributed by atoms with Crippen LogP contribution in [0.5, 0.6) is 0 Å². The van der Waals surface area contributed by atoms with E-state index in [2.05, 4.69) is 25.6 Å². The Labute approximate surface area is 363 Å². The maximum Gasteiger partial charge on any atom is 0.407 e. The van der Waals surface area contributed by atoms with Crippen LogP contribution < -0.4 is 10.6 Å². The van der Waals surface area contributed by atoms with Crippen molar-refractivity contribution in [1.29, 1.82) is 0 Å². The number of hydrogen-bond acceptors (Lipinski definition) is 8. The Morgan fingerprint density at radius 2 is 1.35 bits per heavy atom. The highest BCUT2D eigenvalue weighted by molar-refractivity contribution is 5.89. The molecule has 4 amide bonds. The van der Waals surface area contributed by atoms with E-state index in [4.69, 9.17) is 14.5 Å². The standard InChI is InChI=1S/C47H52F2N8O6/c1-24(2)38(54-44(60)62-5)42(58)56-17-7-8-36(56)41-51-33-14-11-27(20-34(33)52-41)26-9-12-29-30-13-10-28(19-32(30)47(48,49)31(29)18-26)35-22-50-40(53-35)37-21-46(15-16-46)23-57(37)43(59)39(25(3)4)55-45(61)63-6/h9-14,18-20,22,24-25,36-39H,7-8,15-17,21,23H2,1-6H3,(H,50,53)(H,51,52)(H,54,60)(H,55,61)/t36-,37-,38-,39-/m0/s1. The molecule has 0 bridgehead atoms. The largest absolute Gasteiger partial charge is 0.453 e. The number of carbonyl (C=O) groups is 4. The molecule has 3 fully saturated rings. The number of imidazole rings is 2. The second kappa shape index (κ2) is 15.8. The van der Waals surface area contributed by atoms with Gasteiger partial charge in [0.15, 0.2) is 0 Å². The number of amides is 4. The second-order valence-electron chi connectivity index (χ2n) is 18.2. The predicted octanol–water partition coefficient (Wildman–Crippen LogP) is 8.22. The van der Waals surface area contributed by atoms with E-state index in [-0.39, 0.29) is 52.3 Å². The number of benzene rings is 3. The van der Waals surface area contributed by atoms with Crippen LogP contribution in [0.4, 0.5) is 18.4 Å². The fraction of sp³-hybridized carbons (Fsp3) is 0.447.